The first-order chi connectivity index (χ1) is 9.47. The van der Waals surface area contributed by atoms with E-state index in [1.165, 1.54) is 18.5 Å². The molecule has 1 aromatic carbocycles. The van der Waals surface area contributed by atoms with Gasteiger partial charge in [0.1, 0.15) is 18.0 Å². The largest absolute Gasteiger partial charge is 0.294 e. The maximum atomic E-state index is 13.2. The molecule has 0 atom stereocenters. The van der Waals surface area contributed by atoms with Crippen LogP contribution < -0.4 is 0 Å². The zero-order chi connectivity index (χ0) is 14.7. The van der Waals surface area contributed by atoms with Crippen LogP contribution in [-0.4, -0.2) is 20.5 Å². The summed E-state index contributed by atoms with van der Waals surface area (Å²) in [7, 11) is 0. The molecular formula is C15H18FN3O. The Bertz CT molecular complexity index is 619. The number of carbonyl (C=O) groups excluding carboxylic acids is 1. The average Bonchev–Trinajstić information content (AvgIpc) is 2.79. The number of ketones is 1. The van der Waals surface area contributed by atoms with Crippen molar-refractivity contribution in [1.29, 1.82) is 0 Å². The van der Waals surface area contributed by atoms with Crippen LogP contribution in [0.4, 0.5) is 4.39 Å². The summed E-state index contributed by atoms with van der Waals surface area (Å²) in [6.07, 6.45) is 1.64. The Labute approximate surface area is 117 Å². The fourth-order valence-electron chi connectivity index (χ4n) is 1.99. The Hall–Kier alpha value is -2.04. The van der Waals surface area contributed by atoms with Crippen LogP contribution in [0, 0.1) is 18.7 Å². The van der Waals surface area contributed by atoms with Gasteiger partial charge in [-0.2, -0.15) is 5.10 Å². The third-order valence-corrected chi connectivity index (χ3v) is 3.03. The average molecular weight is 275 g/mol. The van der Waals surface area contributed by atoms with Crippen molar-refractivity contribution in [2.45, 2.75) is 33.7 Å². The van der Waals surface area contributed by atoms with Crippen LogP contribution in [0.1, 0.15) is 35.6 Å². The first-order valence-electron chi connectivity index (χ1n) is 6.63. The van der Waals surface area contributed by atoms with Crippen molar-refractivity contribution in [1.82, 2.24) is 14.8 Å². The van der Waals surface area contributed by atoms with Gasteiger partial charge < -0.3 is 0 Å². The molecule has 0 aliphatic heterocycles. The molecule has 0 fully saturated rings. The van der Waals surface area contributed by atoms with Crippen LogP contribution in [0.5, 0.6) is 0 Å². The fraction of sp³-hybridized carbons (Fsp3) is 0.400. The van der Waals surface area contributed by atoms with Gasteiger partial charge in [0.2, 0.25) is 0 Å². The van der Waals surface area contributed by atoms with Gasteiger partial charge in [-0.25, -0.2) is 14.1 Å². The van der Waals surface area contributed by atoms with E-state index in [0.717, 1.165) is 6.54 Å². The first kappa shape index (κ1) is 14.4. The van der Waals surface area contributed by atoms with E-state index in [1.54, 1.807) is 17.7 Å². The normalized spacial score (nSPS) is 11.1. The standard InChI is InChI=1S/C15H18FN3O/c1-10(2)8-19-15(17-9-18-19)7-14(20)12-4-5-13(16)11(3)6-12/h4-6,9-10H,7-8H2,1-3H3. The van der Waals surface area contributed by atoms with Crippen molar-refractivity contribution in [3.8, 4) is 0 Å². The van der Waals surface area contributed by atoms with Gasteiger partial charge in [0.25, 0.3) is 0 Å². The topological polar surface area (TPSA) is 47.8 Å². The summed E-state index contributed by atoms with van der Waals surface area (Å²) in [4.78, 5) is 16.3. The van der Waals surface area contributed by atoms with Crippen molar-refractivity contribution in [3.05, 3.63) is 47.3 Å². The molecular weight excluding hydrogens is 257 g/mol. The third kappa shape index (κ3) is 3.29. The molecule has 0 radical (unpaired) electrons. The number of aromatic nitrogens is 3. The highest BCUT2D eigenvalue weighted by Gasteiger charge is 2.13. The van der Waals surface area contributed by atoms with Crippen LogP contribution in [-0.2, 0) is 13.0 Å². The van der Waals surface area contributed by atoms with Crippen LogP contribution in [0.25, 0.3) is 0 Å². The summed E-state index contributed by atoms with van der Waals surface area (Å²) in [5, 5.41) is 4.13. The van der Waals surface area contributed by atoms with Gasteiger partial charge >= 0.3 is 0 Å². The molecule has 0 amide bonds. The van der Waals surface area contributed by atoms with E-state index in [9.17, 15) is 9.18 Å². The maximum Gasteiger partial charge on any atom is 0.170 e. The summed E-state index contributed by atoms with van der Waals surface area (Å²) in [5.74, 6) is 0.694. The van der Waals surface area contributed by atoms with Crippen LogP contribution in [0.3, 0.4) is 0 Å². The monoisotopic (exact) mass is 275 g/mol. The van der Waals surface area contributed by atoms with Crippen LogP contribution in [0.2, 0.25) is 0 Å². The highest BCUT2D eigenvalue weighted by atomic mass is 19.1. The van der Waals surface area contributed by atoms with E-state index in [-0.39, 0.29) is 18.0 Å². The highest BCUT2D eigenvalue weighted by molar-refractivity contribution is 5.97. The zero-order valence-electron chi connectivity index (χ0n) is 11.9. The summed E-state index contributed by atoms with van der Waals surface area (Å²) < 4.78 is 15.0. The SMILES string of the molecule is Cc1cc(C(=O)Cc2ncnn2CC(C)C)ccc1F. The maximum absolute atomic E-state index is 13.2. The number of benzene rings is 1. The Balaban J connectivity index is 2.15. The van der Waals surface area contributed by atoms with Gasteiger partial charge in [-0.1, -0.05) is 13.8 Å². The molecule has 20 heavy (non-hydrogen) atoms. The van der Waals surface area contributed by atoms with Gasteiger partial charge in [-0.05, 0) is 36.6 Å². The van der Waals surface area contributed by atoms with E-state index >= 15 is 0 Å². The lowest BCUT2D eigenvalue weighted by molar-refractivity contribution is 0.0989. The lowest BCUT2D eigenvalue weighted by atomic mass is 10.1. The minimum atomic E-state index is -0.301. The fourth-order valence-corrected chi connectivity index (χ4v) is 1.99. The molecule has 2 aromatic rings. The Kier molecular flexibility index (Phi) is 4.27. The van der Waals surface area contributed by atoms with Gasteiger partial charge in [0, 0.05) is 12.1 Å². The van der Waals surface area contributed by atoms with E-state index in [1.807, 2.05) is 0 Å². The molecule has 106 valence electrons. The lowest BCUT2D eigenvalue weighted by Crippen LogP contribution is -2.14. The summed E-state index contributed by atoms with van der Waals surface area (Å²) >= 11 is 0. The van der Waals surface area contributed by atoms with Gasteiger partial charge in [-0.15, -0.1) is 0 Å². The van der Waals surface area contributed by atoms with Crippen molar-refractivity contribution in [2.75, 3.05) is 0 Å². The minimum Gasteiger partial charge on any atom is -0.294 e. The van der Waals surface area contributed by atoms with Crippen LogP contribution >= 0.6 is 0 Å². The van der Waals surface area contributed by atoms with Gasteiger partial charge in [0.15, 0.2) is 5.78 Å². The van der Waals surface area contributed by atoms with Crippen molar-refractivity contribution >= 4 is 5.78 Å². The molecule has 0 spiro atoms. The number of halogens is 1. The highest BCUT2D eigenvalue weighted by Crippen LogP contribution is 2.12. The first-order valence-corrected chi connectivity index (χ1v) is 6.63. The molecule has 5 heteroatoms. The Morgan fingerprint density at radius 3 is 2.80 bits per heavy atom. The second-order valence-corrected chi connectivity index (χ2v) is 5.32. The lowest BCUT2D eigenvalue weighted by Gasteiger charge is -2.08. The molecule has 0 bridgehead atoms. The molecule has 1 heterocycles. The number of hydrogen-bond donors (Lipinski definition) is 0. The van der Waals surface area contributed by atoms with Crippen LogP contribution in [0.15, 0.2) is 24.5 Å². The van der Waals surface area contributed by atoms with Crippen molar-refractivity contribution in [2.24, 2.45) is 5.92 Å². The predicted octanol–water partition coefficient (Wildman–Crippen LogP) is 2.81. The quantitative estimate of drug-likeness (QED) is 0.788. The molecule has 0 aliphatic rings. The molecule has 0 saturated carbocycles. The molecule has 0 saturated heterocycles. The predicted molar refractivity (Wildman–Crippen MR) is 74.0 cm³/mol. The van der Waals surface area contributed by atoms with E-state index < -0.39 is 0 Å². The number of nitrogens with zero attached hydrogens (tertiary/aromatic N) is 3. The van der Waals surface area contributed by atoms with E-state index in [0.29, 0.717) is 22.9 Å². The van der Waals surface area contributed by atoms with E-state index in [4.69, 9.17) is 0 Å². The third-order valence-electron chi connectivity index (χ3n) is 3.03. The molecule has 0 aliphatic carbocycles. The van der Waals surface area contributed by atoms with Crippen molar-refractivity contribution < 1.29 is 9.18 Å². The van der Waals surface area contributed by atoms with Gasteiger partial charge in [0.05, 0.1) is 6.42 Å². The molecule has 1 aromatic heterocycles. The molecule has 0 N–H and O–H groups in total. The number of Topliss-reactive ketones (excluding diaryl/α,β-unsaturated/α-hetero) is 1. The number of rotatable bonds is 5. The van der Waals surface area contributed by atoms with Gasteiger partial charge in [-0.3, -0.25) is 4.79 Å². The van der Waals surface area contributed by atoms with Crippen molar-refractivity contribution in [3.63, 3.8) is 0 Å². The summed E-state index contributed by atoms with van der Waals surface area (Å²) in [6, 6.07) is 4.40. The molecule has 0 unspecified atom stereocenters. The minimum absolute atomic E-state index is 0.0777. The summed E-state index contributed by atoms with van der Waals surface area (Å²) in [5.41, 5.74) is 0.975. The molecule has 2 rings (SSSR count). The molecule has 4 nitrogen and oxygen atoms in total. The van der Waals surface area contributed by atoms with E-state index in [2.05, 4.69) is 23.9 Å². The Morgan fingerprint density at radius 1 is 1.40 bits per heavy atom. The number of hydrogen-bond acceptors (Lipinski definition) is 3. The smallest absolute Gasteiger partial charge is 0.170 e. The second kappa shape index (κ2) is 5.94. The second-order valence-electron chi connectivity index (χ2n) is 5.32. The summed E-state index contributed by atoms with van der Waals surface area (Å²) in [6.45, 7) is 6.53. The zero-order valence-corrected chi connectivity index (χ0v) is 11.9. The number of aryl methyl sites for hydroxylation is 1. The number of carbonyl (C=O) groups is 1. The Morgan fingerprint density at radius 2 is 2.15 bits per heavy atom.